The highest BCUT2D eigenvalue weighted by molar-refractivity contribution is 5.76. The van der Waals surface area contributed by atoms with Gasteiger partial charge in [0.1, 0.15) is 6.10 Å². The number of aromatic amines is 1. The van der Waals surface area contributed by atoms with E-state index in [2.05, 4.69) is 9.47 Å². The van der Waals surface area contributed by atoms with Crippen molar-refractivity contribution in [3.05, 3.63) is 32.6 Å². The lowest BCUT2D eigenvalue weighted by Gasteiger charge is -2.22. The Balaban J connectivity index is 2.26. The number of hydrogen-bond donors (Lipinski definition) is 1. The van der Waals surface area contributed by atoms with Gasteiger partial charge in [-0.3, -0.25) is 14.3 Å². The van der Waals surface area contributed by atoms with Crippen LogP contribution in [-0.2, 0) is 19.1 Å². The maximum atomic E-state index is 12.5. The number of nitrogens with zero attached hydrogens (tertiary/aromatic N) is 1. The molecule has 0 unspecified atom stereocenters. The van der Waals surface area contributed by atoms with Crippen LogP contribution in [0, 0.1) is 12.8 Å². The van der Waals surface area contributed by atoms with Gasteiger partial charge in [-0.05, 0) is 25.7 Å². The molecule has 0 amide bonds. The quantitative estimate of drug-likeness (QED) is 0.569. The molecule has 3 atom stereocenters. The van der Waals surface area contributed by atoms with Gasteiger partial charge in [-0.15, -0.1) is 0 Å². The number of halogens is 6. The molecular formula is C15H14F6N2O6. The third-order valence-electron chi connectivity index (χ3n) is 4.24. The lowest BCUT2D eigenvalue weighted by Crippen LogP contribution is -2.38. The number of nitrogens with one attached hydrogen (secondary N) is 1. The van der Waals surface area contributed by atoms with E-state index in [0.29, 0.717) is 0 Å². The van der Waals surface area contributed by atoms with Crippen LogP contribution >= 0.6 is 0 Å². The van der Waals surface area contributed by atoms with Crippen molar-refractivity contribution in [1.29, 1.82) is 0 Å². The van der Waals surface area contributed by atoms with Gasteiger partial charge in [-0.1, -0.05) is 0 Å². The molecule has 1 aromatic rings. The fourth-order valence-corrected chi connectivity index (χ4v) is 2.94. The normalized spacial score (nSPS) is 22.4. The number of aryl methyl sites for hydroxylation is 1. The molecule has 0 bridgehead atoms. The molecule has 162 valence electrons. The molecule has 1 aliphatic carbocycles. The standard InChI is InChI=1S/C15H14F6N2O6/c1-6-4-23(13(27)22-10(6)24)8-2-7(5-28-11(25)14(16,17)18)3-9(8)29-12(26)15(19,20)21/h4,7-9H,2-3,5H2,1H3,(H,22,24,27)/t7-,8+,9+/m1/s1. The molecule has 1 aliphatic rings. The minimum atomic E-state index is -5.34. The number of ether oxygens (including phenoxy) is 2. The van der Waals surface area contributed by atoms with Crippen molar-refractivity contribution in [2.24, 2.45) is 5.92 Å². The lowest BCUT2D eigenvalue weighted by molar-refractivity contribution is -0.206. The van der Waals surface area contributed by atoms with Crippen molar-refractivity contribution >= 4 is 11.9 Å². The van der Waals surface area contributed by atoms with Crippen molar-refractivity contribution in [3.63, 3.8) is 0 Å². The van der Waals surface area contributed by atoms with Crippen molar-refractivity contribution in [1.82, 2.24) is 9.55 Å². The average Bonchev–Trinajstić information content (AvgIpc) is 2.96. The van der Waals surface area contributed by atoms with Gasteiger partial charge in [0.2, 0.25) is 0 Å². The van der Waals surface area contributed by atoms with Crippen LogP contribution in [0.2, 0.25) is 0 Å². The Labute approximate surface area is 157 Å². The smallest absolute Gasteiger partial charge is 0.459 e. The van der Waals surface area contributed by atoms with E-state index in [-0.39, 0.29) is 12.0 Å². The summed E-state index contributed by atoms with van der Waals surface area (Å²) in [6.45, 7) is 0.495. The first kappa shape index (κ1) is 22.5. The molecule has 0 aromatic carbocycles. The van der Waals surface area contributed by atoms with Crippen molar-refractivity contribution in [2.45, 2.75) is 44.3 Å². The number of H-pyrrole nitrogens is 1. The van der Waals surface area contributed by atoms with E-state index < -0.39 is 66.6 Å². The molecule has 0 aliphatic heterocycles. The van der Waals surface area contributed by atoms with Crippen LogP contribution in [0.15, 0.2) is 15.8 Å². The zero-order chi connectivity index (χ0) is 22.1. The van der Waals surface area contributed by atoms with Crippen LogP contribution in [0.1, 0.15) is 24.4 Å². The molecule has 1 N–H and O–H groups in total. The number of carbonyl (C=O) groups excluding carboxylic acids is 2. The monoisotopic (exact) mass is 432 g/mol. The SMILES string of the molecule is Cc1cn([C@H]2C[C@@H](COC(=O)C(F)(F)F)C[C@@H]2OC(=O)C(F)(F)F)c(=O)[nH]c1=O. The Hall–Kier alpha value is -2.80. The zero-order valence-electron chi connectivity index (χ0n) is 14.6. The van der Waals surface area contributed by atoms with Gasteiger partial charge in [0.15, 0.2) is 0 Å². The maximum Gasteiger partial charge on any atom is 0.490 e. The van der Waals surface area contributed by atoms with Gasteiger partial charge in [0, 0.05) is 11.8 Å². The zero-order valence-corrected chi connectivity index (χ0v) is 14.6. The molecule has 14 heteroatoms. The number of rotatable bonds is 4. The lowest BCUT2D eigenvalue weighted by atomic mass is 10.1. The Morgan fingerprint density at radius 2 is 1.69 bits per heavy atom. The van der Waals surface area contributed by atoms with Crippen molar-refractivity contribution < 1.29 is 45.4 Å². The molecule has 1 fully saturated rings. The number of alkyl halides is 6. The van der Waals surface area contributed by atoms with E-state index in [9.17, 15) is 45.5 Å². The molecule has 29 heavy (non-hydrogen) atoms. The predicted octanol–water partition coefficient (Wildman–Crippen LogP) is 1.38. The third-order valence-corrected chi connectivity index (χ3v) is 4.24. The molecule has 2 rings (SSSR count). The van der Waals surface area contributed by atoms with Crippen LogP contribution in [0.25, 0.3) is 0 Å². The Morgan fingerprint density at radius 3 is 2.24 bits per heavy atom. The van der Waals surface area contributed by atoms with E-state index in [1.54, 1.807) is 0 Å². The number of carbonyl (C=O) groups is 2. The highest BCUT2D eigenvalue weighted by Crippen LogP contribution is 2.38. The summed E-state index contributed by atoms with van der Waals surface area (Å²) in [5.74, 6) is -5.96. The first-order valence-corrected chi connectivity index (χ1v) is 8.04. The summed E-state index contributed by atoms with van der Waals surface area (Å²) in [6.07, 6.45) is -11.8. The van der Waals surface area contributed by atoms with Crippen molar-refractivity contribution in [3.8, 4) is 0 Å². The van der Waals surface area contributed by atoms with Crippen LogP contribution in [0.4, 0.5) is 26.3 Å². The molecule has 0 spiro atoms. The summed E-state index contributed by atoms with van der Waals surface area (Å²) in [6, 6.07) is -1.22. The van der Waals surface area contributed by atoms with Crippen LogP contribution in [0.3, 0.4) is 0 Å². The second-order valence-electron chi connectivity index (χ2n) is 6.42. The molecule has 0 radical (unpaired) electrons. The Morgan fingerprint density at radius 1 is 1.10 bits per heavy atom. The van der Waals surface area contributed by atoms with Gasteiger partial charge in [0.05, 0.1) is 12.6 Å². The van der Waals surface area contributed by atoms with Crippen LogP contribution in [-0.4, -0.2) is 46.6 Å². The second kappa shape index (κ2) is 7.91. The predicted molar refractivity (Wildman–Crippen MR) is 80.8 cm³/mol. The largest absolute Gasteiger partial charge is 0.490 e. The summed E-state index contributed by atoms with van der Waals surface area (Å²) >= 11 is 0. The molecular weight excluding hydrogens is 418 g/mol. The summed E-state index contributed by atoms with van der Waals surface area (Å²) in [4.78, 5) is 47.4. The molecule has 0 saturated heterocycles. The summed E-state index contributed by atoms with van der Waals surface area (Å²) in [7, 11) is 0. The highest BCUT2D eigenvalue weighted by Gasteiger charge is 2.47. The molecule has 8 nitrogen and oxygen atoms in total. The van der Waals surface area contributed by atoms with Crippen molar-refractivity contribution in [2.75, 3.05) is 6.61 Å². The maximum absolute atomic E-state index is 12.5. The molecule has 1 heterocycles. The topological polar surface area (TPSA) is 107 Å². The van der Waals surface area contributed by atoms with Gasteiger partial charge in [-0.2, -0.15) is 26.3 Å². The summed E-state index contributed by atoms with van der Waals surface area (Å²) < 4.78 is 83.6. The number of esters is 2. The van der Waals surface area contributed by atoms with E-state index in [1.807, 2.05) is 4.98 Å². The first-order valence-electron chi connectivity index (χ1n) is 8.04. The van der Waals surface area contributed by atoms with E-state index in [0.717, 1.165) is 10.8 Å². The Kier molecular flexibility index (Phi) is 6.13. The van der Waals surface area contributed by atoms with Gasteiger partial charge in [0.25, 0.3) is 5.56 Å². The fourth-order valence-electron chi connectivity index (χ4n) is 2.94. The second-order valence-corrected chi connectivity index (χ2v) is 6.42. The minimum Gasteiger partial charge on any atom is -0.459 e. The van der Waals surface area contributed by atoms with Gasteiger partial charge < -0.3 is 9.47 Å². The number of aromatic nitrogens is 2. The van der Waals surface area contributed by atoms with Crippen LogP contribution < -0.4 is 11.2 Å². The van der Waals surface area contributed by atoms with Crippen LogP contribution in [0.5, 0.6) is 0 Å². The average molecular weight is 432 g/mol. The highest BCUT2D eigenvalue weighted by atomic mass is 19.4. The van der Waals surface area contributed by atoms with Gasteiger partial charge in [-0.25, -0.2) is 14.4 Å². The molecule has 1 aromatic heterocycles. The van der Waals surface area contributed by atoms with E-state index in [1.165, 1.54) is 6.92 Å². The third kappa shape index (κ3) is 5.38. The molecule has 1 saturated carbocycles. The summed E-state index contributed by atoms with van der Waals surface area (Å²) in [5, 5.41) is 0. The van der Waals surface area contributed by atoms with E-state index in [4.69, 9.17) is 0 Å². The Bertz CT molecular complexity index is 902. The van der Waals surface area contributed by atoms with Gasteiger partial charge >= 0.3 is 30.0 Å². The minimum absolute atomic E-state index is 0.0254. The first-order chi connectivity index (χ1) is 13.2. The fraction of sp³-hybridized carbons (Fsp3) is 0.600. The number of hydrogen-bond acceptors (Lipinski definition) is 6. The van der Waals surface area contributed by atoms with E-state index >= 15 is 0 Å². The summed E-state index contributed by atoms with van der Waals surface area (Å²) in [5.41, 5.74) is -1.73.